The van der Waals surface area contributed by atoms with Crippen LogP contribution in [0.4, 0.5) is 0 Å². The van der Waals surface area contributed by atoms with Gasteiger partial charge in [0.25, 0.3) is 11.7 Å². The molecular weight excluding hydrogens is 470 g/mol. The van der Waals surface area contributed by atoms with Crippen LogP contribution in [0.5, 0.6) is 17.2 Å². The molecule has 0 spiro atoms. The van der Waals surface area contributed by atoms with Gasteiger partial charge in [0.05, 0.1) is 32.4 Å². The number of hydrogen-bond donors (Lipinski definition) is 1. The molecule has 0 radical (unpaired) electrons. The second kappa shape index (κ2) is 11.2. The van der Waals surface area contributed by atoms with Gasteiger partial charge in [-0.2, -0.15) is 0 Å². The van der Waals surface area contributed by atoms with E-state index in [4.69, 9.17) is 14.2 Å². The summed E-state index contributed by atoms with van der Waals surface area (Å²) in [4.78, 5) is 28.1. The Balaban J connectivity index is 1.74. The first kappa shape index (κ1) is 25.8. The van der Waals surface area contributed by atoms with Crippen molar-refractivity contribution >= 4 is 17.4 Å². The van der Waals surface area contributed by atoms with E-state index in [1.165, 1.54) is 4.90 Å². The van der Waals surface area contributed by atoms with Gasteiger partial charge < -0.3 is 24.2 Å². The molecule has 3 aromatic rings. The number of aliphatic hydroxyl groups excluding tert-OH is 1. The van der Waals surface area contributed by atoms with Crippen molar-refractivity contribution in [2.75, 3.05) is 27.4 Å². The summed E-state index contributed by atoms with van der Waals surface area (Å²) in [5.41, 5.74) is 3.04. The summed E-state index contributed by atoms with van der Waals surface area (Å²) in [6, 6.07) is 19.2. The molecular formula is C30H31NO6. The van der Waals surface area contributed by atoms with E-state index in [-0.39, 0.29) is 11.3 Å². The third-order valence-electron chi connectivity index (χ3n) is 6.52. The van der Waals surface area contributed by atoms with Crippen LogP contribution in [-0.2, 0) is 16.0 Å². The number of rotatable bonds is 9. The topological polar surface area (TPSA) is 85.3 Å². The summed E-state index contributed by atoms with van der Waals surface area (Å²) in [7, 11) is 3.18. The van der Waals surface area contributed by atoms with Gasteiger partial charge in [0, 0.05) is 12.1 Å². The molecule has 1 N–H and O–H groups in total. The number of carbonyl (C=O) groups excluding carboxylic acids is 2. The van der Waals surface area contributed by atoms with E-state index >= 15 is 0 Å². The molecule has 0 aliphatic carbocycles. The molecule has 4 rings (SSSR count). The summed E-state index contributed by atoms with van der Waals surface area (Å²) in [6.45, 7) is 4.58. The minimum Gasteiger partial charge on any atom is -0.507 e. The van der Waals surface area contributed by atoms with Crippen molar-refractivity contribution in [3.8, 4) is 17.2 Å². The van der Waals surface area contributed by atoms with E-state index in [0.29, 0.717) is 42.2 Å². The third kappa shape index (κ3) is 5.31. The summed E-state index contributed by atoms with van der Waals surface area (Å²) in [5.74, 6) is 0.537. The highest BCUT2D eigenvalue weighted by Gasteiger charge is 2.45. The lowest BCUT2D eigenvalue weighted by atomic mass is 9.94. The van der Waals surface area contributed by atoms with Gasteiger partial charge in [-0.1, -0.05) is 24.3 Å². The number of carbonyl (C=O) groups is 2. The van der Waals surface area contributed by atoms with Crippen LogP contribution in [-0.4, -0.2) is 49.1 Å². The number of methoxy groups -OCH3 is 2. The minimum absolute atomic E-state index is 0.0634. The molecule has 1 saturated heterocycles. The standard InChI is InChI=1S/C30H31NO6/c1-5-37-25-15-10-22(18-19(25)2)28(32)26-27(21-8-13-24(36-4)14-9-21)31(30(34)29(26)33)17-16-20-6-11-23(35-3)12-7-20/h6-15,18,27,32H,5,16-17H2,1-4H3. The fraction of sp³-hybridized carbons (Fsp3) is 0.267. The average Bonchev–Trinajstić information content (AvgIpc) is 3.18. The number of Topliss-reactive ketones (excluding diaryl/α,β-unsaturated/α-hetero) is 1. The summed E-state index contributed by atoms with van der Waals surface area (Å²) < 4.78 is 16.1. The van der Waals surface area contributed by atoms with Crippen LogP contribution < -0.4 is 14.2 Å². The van der Waals surface area contributed by atoms with E-state index < -0.39 is 17.7 Å². The van der Waals surface area contributed by atoms with Crippen molar-refractivity contribution in [1.29, 1.82) is 0 Å². The average molecular weight is 502 g/mol. The molecule has 7 nitrogen and oxygen atoms in total. The van der Waals surface area contributed by atoms with Crippen LogP contribution in [0.1, 0.15) is 35.2 Å². The number of hydrogen-bond acceptors (Lipinski definition) is 6. The Morgan fingerprint density at radius 1 is 0.919 bits per heavy atom. The molecule has 192 valence electrons. The van der Waals surface area contributed by atoms with Crippen LogP contribution in [0.3, 0.4) is 0 Å². The van der Waals surface area contributed by atoms with Gasteiger partial charge in [0.2, 0.25) is 0 Å². The molecule has 0 bridgehead atoms. The number of ketones is 1. The Morgan fingerprint density at radius 2 is 1.54 bits per heavy atom. The number of ether oxygens (including phenoxy) is 3. The molecule has 1 aliphatic rings. The monoisotopic (exact) mass is 501 g/mol. The van der Waals surface area contributed by atoms with Crippen molar-refractivity contribution in [2.24, 2.45) is 0 Å². The Hall–Kier alpha value is -4.26. The van der Waals surface area contributed by atoms with Crippen LogP contribution in [0.2, 0.25) is 0 Å². The fourth-order valence-electron chi connectivity index (χ4n) is 4.55. The highest BCUT2D eigenvalue weighted by Crippen LogP contribution is 2.40. The molecule has 1 amide bonds. The van der Waals surface area contributed by atoms with Crippen molar-refractivity contribution < 1.29 is 28.9 Å². The predicted octanol–water partition coefficient (Wildman–Crippen LogP) is 5.08. The summed E-state index contributed by atoms with van der Waals surface area (Å²) in [6.07, 6.45) is 0.534. The molecule has 0 saturated carbocycles. The van der Waals surface area contributed by atoms with Crippen LogP contribution in [0, 0.1) is 6.92 Å². The van der Waals surface area contributed by atoms with Crippen LogP contribution in [0.15, 0.2) is 72.3 Å². The largest absolute Gasteiger partial charge is 0.507 e. The maximum Gasteiger partial charge on any atom is 0.295 e. The maximum absolute atomic E-state index is 13.3. The lowest BCUT2D eigenvalue weighted by Crippen LogP contribution is -2.31. The molecule has 0 aromatic heterocycles. The second-order valence-corrected chi connectivity index (χ2v) is 8.78. The Bertz CT molecular complexity index is 1310. The zero-order chi connectivity index (χ0) is 26.5. The Kier molecular flexibility index (Phi) is 7.82. The number of benzene rings is 3. The third-order valence-corrected chi connectivity index (χ3v) is 6.52. The van der Waals surface area contributed by atoms with Gasteiger partial charge in [0.15, 0.2) is 0 Å². The summed E-state index contributed by atoms with van der Waals surface area (Å²) >= 11 is 0. The van der Waals surface area contributed by atoms with Crippen LogP contribution >= 0.6 is 0 Å². The highest BCUT2D eigenvalue weighted by atomic mass is 16.5. The normalized spacial score (nSPS) is 16.6. The lowest BCUT2D eigenvalue weighted by Gasteiger charge is -2.25. The van der Waals surface area contributed by atoms with Crippen molar-refractivity contribution in [1.82, 2.24) is 4.90 Å². The Morgan fingerprint density at radius 3 is 2.11 bits per heavy atom. The molecule has 37 heavy (non-hydrogen) atoms. The van der Waals surface area contributed by atoms with E-state index in [1.54, 1.807) is 44.6 Å². The highest BCUT2D eigenvalue weighted by molar-refractivity contribution is 6.46. The van der Waals surface area contributed by atoms with Crippen molar-refractivity contribution in [3.05, 3.63) is 94.6 Å². The quantitative estimate of drug-likeness (QED) is 0.250. The number of amides is 1. The van der Waals surface area contributed by atoms with Crippen LogP contribution in [0.25, 0.3) is 5.76 Å². The molecule has 1 heterocycles. The van der Waals surface area contributed by atoms with Gasteiger partial charge in [-0.25, -0.2) is 0 Å². The smallest absolute Gasteiger partial charge is 0.295 e. The summed E-state index contributed by atoms with van der Waals surface area (Å²) in [5, 5.41) is 11.3. The SMILES string of the molecule is CCOc1ccc(C(O)=C2C(=O)C(=O)N(CCc3ccc(OC)cc3)C2c2ccc(OC)cc2)cc1C. The number of nitrogens with zero attached hydrogens (tertiary/aromatic N) is 1. The zero-order valence-corrected chi connectivity index (χ0v) is 21.5. The zero-order valence-electron chi connectivity index (χ0n) is 21.5. The molecule has 1 atom stereocenters. The molecule has 1 fully saturated rings. The van der Waals surface area contributed by atoms with Gasteiger partial charge in [-0.15, -0.1) is 0 Å². The number of aliphatic hydroxyl groups is 1. The number of likely N-dealkylation sites (tertiary alicyclic amines) is 1. The second-order valence-electron chi connectivity index (χ2n) is 8.78. The van der Waals surface area contributed by atoms with E-state index in [0.717, 1.165) is 16.9 Å². The maximum atomic E-state index is 13.3. The predicted molar refractivity (Wildman–Crippen MR) is 141 cm³/mol. The number of aryl methyl sites for hydroxylation is 1. The van der Waals surface area contributed by atoms with E-state index in [2.05, 4.69) is 0 Å². The van der Waals surface area contributed by atoms with Crippen molar-refractivity contribution in [3.63, 3.8) is 0 Å². The van der Waals surface area contributed by atoms with Crippen molar-refractivity contribution in [2.45, 2.75) is 26.3 Å². The first-order chi connectivity index (χ1) is 17.9. The molecule has 1 aliphatic heterocycles. The van der Waals surface area contributed by atoms with Gasteiger partial charge in [-0.05, 0) is 79.4 Å². The fourth-order valence-corrected chi connectivity index (χ4v) is 4.55. The van der Waals surface area contributed by atoms with Gasteiger partial charge in [0.1, 0.15) is 23.0 Å². The van der Waals surface area contributed by atoms with Gasteiger partial charge in [-0.3, -0.25) is 9.59 Å². The Labute approximate surface area is 216 Å². The lowest BCUT2D eigenvalue weighted by molar-refractivity contribution is -0.139. The molecule has 3 aromatic carbocycles. The van der Waals surface area contributed by atoms with E-state index in [1.807, 2.05) is 50.2 Å². The molecule has 7 heteroatoms. The first-order valence-corrected chi connectivity index (χ1v) is 12.2. The molecule has 1 unspecified atom stereocenters. The minimum atomic E-state index is -0.740. The van der Waals surface area contributed by atoms with Gasteiger partial charge >= 0.3 is 0 Å². The van der Waals surface area contributed by atoms with E-state index in [9.17, 15) is 14.7 Å². The first-order valence-electron chi connectivity index (χ1n) is 12.2.